The molecule has 2 rings (SSSR count). The Morgan fingerprint density at radius 2 is 1.75 bits per heavy atom. The van der Waals surface area contributed by atoms with Crippen LogP contribution in [0.25, 0.3) is 0 Å². The maximum Gasteiger partial charge on any atom is 0.234 e. The van der Waals surface area contributed by atoms with Crippen molar-refractivity contribution in [2.24, 2.45) is 0 Å². The number of hydrogen-bond donors (Lipinski definition) is 0. The average Bonchev–Trinajstić information content (AvgIpc) is 2.44. The summed E-state index contributed by atoms with van der Waals surface area (Å²) in [7, 11) is 0. The Labute approximate surface area is 103 Å². The van der Waals surface area contributed by atoms with Gasteiger partial charge in [-0.15, -0.1) is 0 Å². The van der Waals surface area contributed by atoms with Gasteiger partial charge >= 0.3 is 0 Å². The van der Waals surface area contributed by atoms with Crippen LogP contribution in [0.15, 0.2) is 12.1 Å². The SMILES string of the molecule is Cc1cc(C)c(C2SC(=O)C(F)S2)c(C)c1. The van der Waals surface area contributed by atoms with Gasteiger partial charge in [-0.2, -0.15) is 0 Å². The summed E-state index contributed by atoms with van der Waals surface area (Å²) in [6, 6.07) is 4.17. The summed E-state index contributed by atoms with van der Waals surface area (Å²) >= 11 is 2.22. The number of benzene rings is 1. The molecule has 1 nitrogen and oxygen atoms in total. The maximum atomic E-state index is 13.2. The molecular weight excluding hydrogens is 243 g/mol. The van der Waals surface area contributed by atoms with E-state index >= 15 is 0 Å². The van der Waals surface area contributed by atoms with Gasteiger partial charge in [0.05, 0.1) is 4.58 Å². The Bertz CT molecular complexity index is 422. The smallest absolute Gasteiger partial charge is 0.234 e. The van der Waals surface area contributed by atoms with Crippen LogP contribution in [-0.2, 0) is 4.79 Å². The highest BCUT2D eigenvalue weighted by Crippen LogP contribution is 2.52. The second-order valence-electron chi connectivity index (χ2n) is 4.03. The fourth-order valence-corrected chi connectivity index (χ4v) is 4.82. The molecule has 0 saturated carbocycles. The molecule has 2 unspecified atom stereocenters. The number of aryl methyl sites for hydroxylation is 3. The third-order valence-corrected chi connectivity index (χ3v) is 5.22. The lowest BCUT2D eigenvalue weighted by Gasteiger charge is -2.15. The molecular formula is C12H13FOS2. The molecule has 1 aliphatic rings. The number of rotatable bonds is 1. The van der Waals surface area contributed by atoms with Gasteiger partial charge in [0.15, 0.2) is 0 Å². The van der Waals surface area contributed by atoms with Gasteiger partial charge in [0, 0.05) is 0 Å². The molecule has 1 aromatic rings. The number of carbonyl (C=O) groups is 1. The molecule has 1 fully saturated rings. The Morgan fingerprint density at radius 3 is 2.19 bits per heavy atom. The third-order valence-electron chi connectivity index (χ3n) is 2.63. The number of hydrogen-bond acceptors (Lipinski definition) is 3. The van der Waals surface area contributed by atoms with Crippen molar-refractivity contribution in [2.75, 3.05) is 0 Å². The summed E-state index contributed by atoms with van der Waals surface area (Å²) < 4.78 is 13.1. The minimum atomic E-state index is -1.37. The lowest BCUT2D eigenvalue weighted by molar-refractivity contribution is -0.112. The Balaban J connectivity index is 2.38. The van der Waals surface area contributed by atoms with Crippen LogP contribution < -0.4 is 0 Å². The molecule has 0 amide bonds. The number of alkyl halides is 1. The molecule has 16 heavy (non-hydrogen) atoms. The molecule has 1 aliphatic heterocycles. The van der Waals surface area contributed by atoms with Crippen molar-refractivity contribution < 1.29 is 9.18 Å². The molecule has 1 saturated heterocycles. The molecule has 0 aliphatic carbocycles. The van der Waals surface area contributed by atoms with E-state index in [0.717, 1.165) is 40.2 Å². The molecule has 1 heterocycles. The van der Waals surface area contributed by atoms with Gasteiger partial charge in [0.1, 0.15) is 0 Å². The van der Waals surface area contributed by atoms with E-state index in [1.165, 1.54) is 5.56 Å². The molecule has 0 radical (unpaired) electrons. The number of halogens is 1. The first-order chi connectivity index (χ1) is 7.49. The van der Waals surface area contributed by atoms with Gasteiger partial charge in [-0.25, -0.2) is 4.39 Å². The van der Waals surface area contributed by atoms with Gasteiger partial charge in [-0.05, 0) is 37.5 Å². The van der Waals surface area contributed by atoms with Crippen LogP contribution in [0.5, 0.6) is 0 Å². The summed E-state index contributed by atoms with van der Waals surface area (Å²) in [6.07, 6.45) is 0. The highest BCUT2D eigenvalue weighted by atomic mass is 32.2. The molecule has 0 bridgehead atoms. The molecule has 86 valence electrons. The zero-order chi connectivity index (χ0) is 11.9. The van der Waals surface area contributed by atoms with E-state index in [0.29, 0.717) is 0 Å². The lowest BCUT2D eigenvalue weighted by Crippen LogP contribution is -1.97. The van der Waals surface area contributed by atoms with Gasteiger partial charge in [-0.3, -0.25) is 4.79 Å². The van der Waals surface area contributed by atoms with E-state index in [-0.39, 0.29) is 9.70 Å². The fraction of sp³-hybridized carbons (Fsp3) is 0.417. The standard InChI is InChI=1S/C12H13FOS2/c1-6-4-7(2)9(8(3)5-6)12-15-10(13)11(14)16-12/h4-5,10,12H,1-3H3. The highest BCUT2D eigenvalue weighted by Gasteiger charge is 2.36. The minimum Gasteiger partial charge on any atom is -0.283 e. The topological polar surface area (TPSA) is 17.1 Å². The van der Waals surface area contributed by atoms with Crippen LogP contribution in [0.2, 0.25) is 0 Å². The fourth-order valence-electron chi connectivity index (χ4n) is 2.04. The normalized spacial score (nSPS) is 25.1. The van der Waals surface area contributed by atoms with Crippen LogP contribution in [0.1, 0.15) is 26.8 Å². The van der Waals surface area contributed by atoms with Gasteiger partial charge in [0.2, 0.25) is 10.6 Å². The molecule has 0 aromatic heterocycles. The summed E-state index contributed by atoms with van der Waals surface area (Å²) in [5.41, 5.74) is 3.23. The molecule has 2 atom stereocenters. The molecule has 1 aromatic carbocycles. The van der Waals surface area contributed by atoms with Crippen LogP contribution >= 0.6 is 23.5 Å². The zero-order valence-electron chi connectivity index (χ0n) is 9.41. The Morgan fingerprint density at radius 1 is 1.19 bits per heavy atom. The van der Waals surface area contributed by atoms with Crippen molar-refractivity contribution in [1.82, 2.24) is 0 Å². The maximum absolute atomic E-state index is 13.2. The summed E-state index contributed by atoms with van der Waals surface area (Å²) in [5, 5.41) is -0.352. The predicted molar refractivity (Wildman–Crippen MR) is 68.5 cm³/mol. The Kier molecular flexibility index (Phi) is 3.31. The van der Waals surface area contributed by atoms with E-state index in [4.69, 9.17) is 0 Å². The van der Waals surface area contributed by atoms with Crippen LogP contribution in [0.3, 0.4) is 0 Å². The van der Waals surface area contributed by atoms with Gasteiger partial charge < -0.3 is 0 Å². The largest absolute Gasteiger partial charge is 0.283 e. The summed E-state index contributed by atoms with van der Waals surface area (Å²) in [5.74, 6) is 0. The van der Waals surface area contributed by atoms with Crippen molar-refractivity contribution in [1.29, 1.82) is 0 Å². The van der Waals surface area contributed by atoms with Crippen molar-refractivity contribution in [2.45, 2.75) is 30.9 Å². The lowest BCUT2D eigenvalue weighted by atomic mass is 10.0. The van der Waals surface area contributed by atoms with Crippen LogP contribution in [0.4, 0.5) is 4.39 Å². The van der Waals surface area contributed by atoms with Gasteiger partial charge in [0.25, 0.3) is 0 Å². The number of thioether (sulfide) groups is 2. The summed E-state index contributed by atoms with van der Waals surface area (Å²) in [6.45, 7) is 6.08. The first-order valence-electron chi connectivity index (χ1n) is 5.07. The van der Waals surface area contributed by atoms with E-state index < -0.39 is 5.50 Å². The van der Waals surface area contributed by atoms with Crippen molar-refractivity contribution in [3.05, 3.63) is 34.4 Å². The van der Waals surface area contributed by atoms with Gasteiger partial charge in [-0.1, -0.05) is 41.2 Å². The van der Waals surface area contributed by atoms with Crippen LogP contribution in [-0.4, -0.2) is 10.6 Å². The molecule has 0 N–H and O–H groups in total. The highest BCUT2D eigenvalue weighted by molar-refractivity contribution is 8.29. The van der Waals surface area contributed by atoms with Crippen LogP contribution in [0, 0.1) is 20.8 Å². The second-order valence-corrected chi connectivity index (χ2v) is 6.60. The third kappa shape index (κ3) is 2.13. The number of carbonyl (C=O) groups excluding carboxylic acids is 1. The van der Waals surface area contributed by atoms with Crippen molar-refractivity contribution in [3.63, 3.8) is 0 Å². The minimum absolute atomic E-state index is 0.0805. The quantitative estimate of drug-likeness (QED) is 0.758. The molecule has 4 heteroatoms. The molecule has 0 spiro atoms. The van der Waals surface area contributed by atoms with Crippen molar-refractivity contribution >= 4 is 28.6 Å². The predicted octanol–water partition coefficient (Wildman–Crippen LogP) is 3.91. The monoisotopic (exact) mass is 256 g/mol. The average molecular weight is 256 g/mol. The van der Waals surface area contributed by atoms with E-state index in [1.807, 2.05) is 20.8 Å². The van der Waals surface area contributed by atoms with Crippen molar-refractivity contribution in [3.8, 4) is 0 Å². The zero-order valence-corrected chi connectivity index (χ0v) is 11.0. The first-order valence-corrected chi connectivity index (χ1v) is 6.89. The second kappa shape index (κ2) is 4.41. The Hall–Kier alpha value is -0.480. The first kappa shape index (κ1) is 12.0. The van der Waals surface area contributed by atoms with E-state index in [9.17, 15) is 9.18 Å². The van der Waals surface area contributed by atoms with E-state index in [2.05, 4.69) is 12.1 Å². The summed E-state index contributed by atoms with van der Waals surface area (Å²) in [4.78, 5) is 11.2. The van der Waals surface area contributed by atoms with E-state index in [1.54, 1.807) is 0 Å².